The average molecular weight is 529 g/mol. The Balaban J connectivity index is 1.62. The van der Waals surface area contributed by atoms with Gasteiger partial charge in [0, 0.05) is 51.8 Å². The van der Waals surface area contributed by atoms with E-state index in [1.165, 1.54) is 31.8 Å². The zero-order valence-electron chi connectivity index (χ0n) is 21.2. The van der Waals surface area contributed by atoms with Crippen LogP contribution in [0.5, 0.6) is 5.75 Å². The number of aromatic nitrogens is 2. The van der Waals surface area contributed by atoms with Gasteiger partial charge in [-0.2, -0.15) is 0 Å². The molecule has 3 atom stereocenters. The van der Waals surface area contributed by atoms with E-state index in [1.807, 2.05) is 0 Å². The zero-order chi connectivity index (χ0) is 27.7. The van der Waals surface area contributed by atoms with Gasteiger partial charge in [0.05, 0.1) is 0 Å². The van der Waals surface area contributed by atoms with Crippen LogP contribution >= 0.6 is 0 Å². The summed E-state index contributed by atoms with van der Waals surface area (Å²) in [6, 6.07) is 3.04. The molecule has 3 unspecified atom stereocenters. The third-order valence-corrected chi connectivity index (χ3v) is 7.02. The van der Waals surface area contributed by atoms with E-state index in [4.69, 9.17) is 0 Å². The van der Waals surface area contributed by atoms with E-state index in [2.05, 4.69) is 20.9 Å². The van der Waals surface area contributed by atoms with Crippen molar-refractivity contribution >= 4 is 23.6 Å². The van der Waals surface area contributed by atoms with Gasteiger partial charge in [-0.05, 0) is 42.9 Å². The molecule has 4 amide bonds. The minimum absolute atomic E-state index is 0.00689. The van der Waals surface area contributed by atoms with Crippen LogP contribution in [-0.2, 0) is 22.7 Å². The fourth-order valence-corrected chi connectivity index (χ4v) is 5.07. The summed E-state index contributed by atoms with van der Waals surface area (Å²) in [6.45, 7) is 0.0599. The summed E-state index contributed by atoms with van der Waals surface area (Å²) in [6.07, 6.45) is 1.82. The van der Waals surface area contributed by atoms with Crippen LogP contribution in [0.2, 0.25) is 0 Å². The first kappa shape index (κ1) is 26.8. The summed E-state index contributed by atoms with van der Waals surface area (Å²) in [7, 11) is 4.32. The second-order valence-corrected chi connectivity index (χ2v) is 9.71. The summed E-state index contributed by atoms with van der Waals surface area (Å²) in [5.74, 6) is -4.54. The molecule has 1 aromatic heterocycles. The Labute approximate surface area is 217 Å². The Kier molecular flexibility index (Phi) is 7.46. The highest BCUT2D eigenvalue weighted by atomic mass is 19.1. The van der Waals surface area contributed by atoms with Crippen LogP contribution in [0.25, 0.3) is 0 Å². The standard InChI is InChI=1S/C25H29FN6O6/c1-27-21(34)16-9-14(26)6-5-13(16)10-28-22(35)18-19(33)24(37)32-11-12-4-7-15(20(32)30-18)17(8-12)29-23(36)25(38)31(2)3/h5-6,9,12,15,17,33H,4,7-8,10-11H2,1-3H3,(H,27,34)(H,28,35)(H,29,36). The molecule has 2 bridgehead atoms. The molecular formula is C25H29FN6O6. The Morgan fingerprint density at radius 2 is 1.92 bits per heavy atom. The number of benzene rings is 1. The Morgan fingerprint density at radius 1 is 1.18 bits per heavy atom. The molecule has 0 spiro atoms. The van der Waals surface area contributed by atoms with Crippen LogP contribution in [0.1, 0.15) is 57.4 Å². The SMILES string of the molecule is CNC(=O)c1cc(F)ccc1CNC(=O)c1nc2n(c(=O)c1O)CC1CCC2C(NC(=O)C(=O)N(C)C)C1. The Bertz CT molecular complexity index is 1370. The Hall–Kier alpha value is -4.29. The Morgan fingerprint density at radius 3 is 2.61 bits per heavy atom. The lowest BCUT2D eigenvalue weighted by atomic mass is 9.79. The molecule has 3 aliphatic rings. The van der Waals surface area contributed by atoms with E-state index >= 15 is 0 Å². The van der Waals surface area contributed by atoms with Crippen LogP contribution < -0.4 is 21.5 Å². The van der Waals surface area contributed by atoms with Crippen molar-refractivity contribution in [3.63, 3.8) is 0 Å². The van der Waals surface area contributed by atoms with Crippen molar-refractivity contribution in [2.45, 2.75) is 44.3 Å². The van der Waals surface area contributed by atoms with Gasteiger partial charge in [0.2, 0.25) is 5.75 Å². The zero-order valence-corrected chi connectivity index (χ0v) is 21.2. The number of amides is 4. The molecule has 5 rings (SSSR count). The average Bonchev–Trinajstić information content (AvgIpc) is 3.16. The van der Waals surface area contributed by atoms with Crippen LogP contribution in [-0.4, -0.2) is 70.4 Å². The van der Waals surface area contributed by atoms with Crippen molar-refractivity contribution in [3.8, 4) is 5.75 Å². The van der Waals surface area contributed by atoms with Crippen molar-refractivity contribution in [2.24, 2.45) is 5.92 Å². The van der Waals surface area contributed by atoms with Gasteiger partial charge >= 0.3 is 11.8 Å². The van der Waals surface area contributed by atoms with Crippen LogP contribution in [0, 0.1) is 11.7 Å². The molecule has 2 aromatic rings. The molecule has 1 saturated carbocycles. The molecule has 0 radical (unpaired) electrons. The first-order valence-electron chi connectivity index (χ1n) is 12.2. The molecule has 13 heteroatoms. The second kappa shape index (κ2) is 10.6. The van der Waals surface area contributed by atoms with Crippen molar-refractivity contribution in [3.05, 3.63) is 57.0 Å². The molecule has 2 aliphatic heterocycles. The minimum Gasteiger partial charge on any atom is -0.501 e. The van der Waals surface area contributed by atoms with Gasteiger partial charge in [0.15, 0.2) is 5.69 Å². The number of rotatable bonds is 5. The minimum atomic E-state index is -0.864. The molecular weight excluding hydrogens is 499 g/mol. The van der Waals surface area contributed by atoms with E-state index in [9.17, 15) is 33.5 Å². The highest BCUT2D eigenvalue weighted by molar-refractivity contribution is 6.34. The van der Waals surface area contributed by atoms with Crippen molar-refractivity contribution < 1.29 is 28.7 Å². The summed E-state index contributed by atoms with van der Waals surface area (Å²) in [5, 5.41) is 18.3. The van der Waals surface area contributed by atoms with Gasteiger partial charge in [0.1, 0.15) is 11.6 Å². The number of fused-ring (bicyclic) bond motifs is 2. The maximum absolute atomic E-state index is 13.7. The highest BCUT2D eigenvalue weighted by Gasteiger charge is 2.41. The number of halogens is 1. The summed E-state index contributed by atoms with van der Waals surface area (Å²) in [5.41, 5.74) is -0.933. The fraction of sp³-hybridized carbons (Fsp3) is 0.440. The molecule has 202 valence electrons. The molecule has 1 aromatic carbocycles. The number of carbonyl (C=O) groups excluding carboxylic acids is 4. The number of nitrogens with zero attached hydrogens (tertiary/aromatic N) is 3. The van der Waals surface area contributed by atoms with Crippen LogP contribution in [0.4, 0.5) is 4.39 Å². The van der Waals surface area contributed by atoms with Gasteiger partial charge in [-0.1, -0.05) is 6.07 Å². The number of likely N-dealkylation sites (N-methyl/N-ethyl adjacent to an activating group) is 1. The molecule has 3 heterocycles. The smallest absolute Gasteiger partial charge is 0.311 e. The van der Waals surface area contributed by atoms with Crippen LogP contribution in [0.3, 0.4) is 0 Å². The molecule has 1 fully saturated rings. The van der Waals surface area contributed by atoms with E-state index in [0.717, 1.165) is 23.5 Å². The van der Waals surface area contributed by atoms with Crippen molar-refractivity contribution in [1.82, 2.24) is 30.4 Å². The lowest BCUT2D eigenvalue weighted by molar-refractivity contribution is -0.144. The monoisotopic (exact) mass is 528 g/mol. The predicted molar refractivity (Wildman–Crippen MR) is 132 cm³/mol. The highest BCUT2D eigenvalue weighted by Crippen LogP contribution is 2.39. The third kappa shape index (κ3) is 5.08. The third-order valence-electron chi connectivity index (χ3n) is 7.02. The lowest BCUT2D eigenvalue weighted by Gasteiger charge is -2.32. The first-order chi connectivity index (χ1) is 18.0. The van der Waals surface area contributed by atoms with Crippen molar-refractivity contribution in [2.75, 3.05) is 21.1 Å². The molecule has 12 nitrogen and oxygen atoms in total. The quantitative estimate of drug-likeness (QED) is 0.392. The normalized spacial score (nSPS) is 19.6. The van der Waals surface area contributed by atoms with Gasteiger partial charge in [-0.15, -0.1) is 0 Å². The summed E-state index contributed by atoms with van der Waals surface area (Å²) >= 11 is 0. The topological polar surface area (TPSA) is 163 Å². The van der Waals surface area contributed by atoms with Gasteiger partial charge < -0.3 is 26.0 Å². The maximum atomic E-state index is 13.7. The van der Waals surface area contributed by atoms with Gasteiger partial charge in [-0.3, -0.25) is 28.5 Å². The number of hydrogen-bond acceptors (Lipinski definition) is 7. The second-order valence-electron chi connectivity index (χ2n) is 9.71. The van der Waals surface area contributed by atoms with E-state index in [1.54, 1.807) is 0 Å². The van der Waals surface area contributed by atoms with E-state index in [-0.39, 0.29) is 30.4 Å². The van der Waals surface area contributed by atoms with E-state index < -0.39 is 58.4 Å². The molecule has 4 N–H and O–H groups in total. The molecule has 1 aliphatic carbocycles. The largest absolute Gasteiger partial charge is 0.501 e. The van der Waals surface area contributed by atoms with Crippen LogP contribution in [0.15, 0.2) is 23.0 Å². The maximum Gasteiger partial charge on any atom is 0.311 e. The number of carbonyl (C=O) groups is 4. The van der Waals surface area contributed by atoms with Gasteiger partial charge in [-0.25, -0.2) is 9.37 Å². The predicted octanol–water partition coefficient (Wildman–Crippen LogP) is -0.152. The van der Waals surface area contributed by atoms with E-state index in [0.29, 0.717) is 18.4 Å². The van der Waals surface area contributed by atoms with Crippen molar-refractivity contribution in [1.29, 1.82) is 0 Å². The fourth-order valence-electron chi connectivity index (χ4n) is 5.07. The molecule has 0 saturated heterocycles. The number of aromatic hydroxyl groups is 1. The summed E-state index contributed by atoms with van der Waals surface area (Å²) < 4.78 is 15.0. The van der Waals surface area contributed by atoms with Gasteiger partial charge in [0.25, 0.3) is 17.4 Å². The lowest BCUT2D eigenvalue weighted by Crippen LogP contribution is -2.48. The first-order valence-corrected chi connectivity index (χ1v) is 12.2. The number of hydrogen-bond donors (Lipinski definition) is 4. The molecule has 38 heavy (non-hydrogen) atoms. The number of nitrogens with one attached hydrogen (secondary N) is 3. The summed E-state index contributed by atoms with van der Waals surface area (Å²) in [4.78, 5) is 68.3.